The Morgan fingerprint density at radius 3 is 0.950 bits per heavy atom. The van der Waals surface area contributed by atoms with E-state index in [4.69, 9.17) is 0 Å². The van der Waals surface area contributed by atoms with Crippen molar-refractivity contribution in [3.8, 4) is 0 Å². The molecular weight excluding hydrogens is 689 g/mol. The van der Waals surface area contributed by atoms with E-state index in [1.807, 2.05) is 0 Å². The normalized spacial score (nSPS) is 12.6. The van der Waals surface area contributed by atoms with Crippen LogP contribution in [0.15, 0.2) is 0 Å². The van der Waals surface area contributed by atoms with Gasteiger partial charge in [0.25, 0.3) is 0 Å². The molecule has 0 heterocycles. The van der Waals surface area contributed by atoms with E-state index in [1.54, 1.807) is 0 Å². The minimum Gasteiger partial charge on any atom is -1.00 e. The Balaban J connectivity index is 0. The van der Waals surface area contributed by atoms with Crippen molar-refractivity contribution in [3.63, 3.8) is 0 Å². The molecule has 0 aliphatic heterocycles. The summed E-state index contributed by atoms with van der Waals surface area (Å²) in [6.07, 6.45) is 36.0. The third-order valence-electron chi connectivity index (χ3n) is 9.28. The molecule has 2 N–H and O–H groups in total. The maximum absolute atomic E-state index is 11.9. The van der Waals surface area contributed by atoms with Gasteiger partial charge in [-0.1, -0.05) is 39.5 Å². The van der Waals surface area contributed by atoms with Crippen LogP contribution in [-0.4, -0.2) is 29.5 Å². The van der Waals surface area contributed by atoms with E-state index in [-0.39, 0.29) is 34.3 Å². The van der Waals surface area contributed by atoms with Crippen molar-refractivity contribution in [2.24, 2.45) is 0 Å². The van der Waals surface area contributed by atoms with Crippen LogP contribution < -0.4 is 24.0 Å². The minimum atomic E-state index is -3.94. The topological polar surface area (TPSA) is 57.5 Å². The van der Waals surface area contributed by atoms with Crippen molar-refractivity contribution >= 4 is 21.1 Å². The molecule has 0 aromatic heterocycles. The zero-order valence-corrected chi connectivity index (χ0v) is 32.8. The van der Waals surface area contributed by atoms with Gasteiger partial charge in [-0.25, -0.2) is 0 Å². The molecule has 3 nitrogen and oxygen atoms in total. The standard InChI is InChI=1S/C34H72AsO3P.HI/c1-6-8-10-12-14-16-18-20-22-24-26-28-30-34(35(3,4)5,32-33-39(36,37)38)31-29-27-25-23-21-19-17-15-13-11-9-7-2;/h6-33H2,1-5H3,(H-,36,37,38);1H. The smallest absolute Gasteiger partial charge is 1.00 e. The van der Waals surface area contributed by atoms with Crippen LogP contribution in [0.4, 0.5) is 0 Å². The fourth-order valence-corrected chi connectivity index (χ4v) is 12.5. The van der Waals surface area contributed by atoms with E-state index in [0.29, 0.717) is 0 Å². The molecule has 0 saturated heterocycles. The summed E-state index contributed by atoms with van der Waals surface area (Å²) in [4.78, 5) is 19.4. The van der Waals surface area contributed by atoms with E-state index in [1.165, 1.54) is 167 Å². The Bertz CT molecular complexity index is 548. The molecule has 0 bridgehead atoms. The molecule has 0 aromatic carbocycles. The second-order valence-corrected chi connectivity index (χ2v) is 25.9. The van der Waals surface area contributed by atoms with Crippen LogP contribution >= 0.6 is 7.60 Å². The Hall–Kier alpha value is 1.44. The number of unbranched alkanes of at least 4 members (excludes halogenated alkanes) is 22. The van der Waals surface area contributed by atoms with E-state index in [9.17, 15) is 14.4 Å². The Morgan fingerprint density at radius 2 is 0.725 bits per heavy atom. The predicted molar refractivity (Wildman–Crippen MR) is 179 cm³/mol. The maximum Gasteiger partial charge on any atom is -1.00 e. The van der Waals surface area contributed by atoms with Crippen molar-refractivity contribution in [1.82, 2.24) is 0 Å². The molecule has 0 aliphatic rings. The van der Waals surface area contributed by atoms with Crippen LogP contribution in [0.1, 0.15) is 187 Å². The molecule has 0 aromatic rings. The summed E-state index contributed by atoms with van der Waals surface area (Å²) >= 11 is -1.97. The summed E-state index contributed by atoms with van der Waals surface area (Å²) in [5.41, 5.74) is 7.46. The SMILES string of the molecule is CCCCCCCCCCCCCCC(CCCCCCCCCCCCCC)(CCP(=O)(O)O)[As+](C)(C)C.[I-]. The third kappa shape index (κ3) is 25.9. The first kappa shape index (κ1) is 43.6. The van der Waals surface area contributed by atoms with Gasteiger partial charge in [-0.05, 0) is 0 Å². The van der Waals surface area contributed by atoms with E-state index in [0.717, 1.165) is 6.42 Å². The third-order valence-corrected chi connectivity index (χ3v) is 17.5. The van der Waals surface area contributed by atoms with Crippen LogP contribution in [0.2, 0.25) is 21.3 Å². The van der Waals surface area contributed by atoms with Crippen molar-refractivity contribution < 1.29 is 38.3 Å². The molecule has 244 valence electrons. The van der Waals surface area contributed by atoms with Crippen LogP contribution in [0, 0.1) is 0 Å². The first-order valence-corrected chi connectivity index (χ1v) is 25.8. The van der Waals surface area contributed by atoms with Crippen LogP contribution in [-0.2, 0) is 4.57 Å². The van der Waals surface area contributed by atoms with Crippen LogP contribution in [0.3, 0.4) is 0 Å². The average molecular weight is 763 g/mol. The van der Waals surface area contributed by atoms with Gasteiger partial charge in [0.1, 0.15) is 0 Å². The molecule has 40 heavy (non-hydrogen) atoms. The zero-order chi connectivity index (χ0) is 29.3. The molecule has 0 atom stereocenters. The van der Waals surface area contributed by atoms with Crippen molar-refractivity contribution in [3.05, 3.63) is 0 Å². The number of hydrogen-bond acceptors (Lipinski definition) is 1. The monoisotopic (exact) mass is 762 g/mol. The van der Waals surface area contributed by atoms with Crippen LogP contribution in [0.5, 0.6) is 0 Å². The van der Waals surface area contributed by atoms with Gasteiger partial charge in [0.05, 0.1) is 0 Å². The maximum atomic E-state index is 11.9. The minimum absolute atomic E-state index is 0. The summed E-state index contributed by atoms with van der Waals surface area (Å²) in [5.74, 6) is 0. The molecule has 6 heteroatoms. The van der Waals surface area contributed by atoms with E-state index in [2.05, 4.69) is 31.0 Å². The molecule has 0 unspecified atom stereocenters. The fraction of sp³-hybridized carbons (Fsp3) is 1.00. The number of hydrogen-bond donors (Lipinski definition) is 2. The van der Waals surface area contributed by atoms with Gasteiger partial charge in [0.2, 0.25) is 0 Å². The van der Waals surface area contributed by atoms with Gasteiger partial charge in [0, 0.05) is 0 Å². The van der Waals surface area contributed by atoms with E-state index < -0.39 is 21.1 Å². The second kappa shape index (κ2) is 27.9. The van der Waals surface area contributed by atoms with Gasteiger partial charge in [-0.15, -0.1) is 0 Å². The number of rotatable bonds is 30. The van der Waals surface area contributed by atoms with Gasteiger partial charge in [-0.3, -0.25) is 0 Å². The summed E-state index contributed by atoms with van der Waals surface area (Å²) in [6, 6.07) is 0. The average Bonchev–Trinajstić information content (AvgIpc) is 2.86. The van der Waals surface area contributed by atoms with E-state index >= 15 is 0 Å². The van der Waals surface area contributed by atoms with Gasteiger partial charge in [-0.2, -0.15) is 0 Å². The molecule has 0 aliphatic carbocycles. The molecule has 0 radical (unpaired) electrons. The molecule has 0 amide bonds. The van der Waals surface area contributed by atoms with Gasteiger partial charge in [0.15, 0.2) is 0 Å². The van der Waals surface area contributed by atoms with Gasteiger partial charge < -0.3 is 24.0 Å². The fourth-order valence-electron chi connectivity index (χ4n) is 6.33. The summed E-state index contributed by atoms with van der Waals surface area (Å²) in [7, 11) is -3.94. The first-order chi connectivity index (χ1) is 18.6. The molecule has 0 rings (SSSR count). The Morgan fingerprint density at radius 1 is 0.475 bits per heavy atom. The Kier molecular flexibility index (Phi) is 30.4. The quantitative estimate of drug-likeness (QED) is 0.0332. The summed E-state index contributed by atoms with van der Waals surface area (Å²) < 4.78 is 12.1. The number of halogens is 1. The van der Waals surface area contributed by atoms with Crippen molar-refractivity contribution in [1.29, 1.82) is 0 Å². The summed E-state index contributed by atoms with van der Waals surface area (Å²) in [5, 5.41) is 0. The van der Waals surface area contributed by atoms with Crippen LogP contribution in [0.25, 0.3) is 0 Å². The largest absolute Gasteiger partial charge is 1.00 e. The molecular formula is C34H73AsIO3P. The van der Waals surface area contributed by atoms with Crippen molar-refractivity contribution in [2.45, 2.75) is 209 Å². The second-order valence-electron chi connectivity index (χ2n) is 13.7. The molecule has 0 spiro atoms. The van der Waals surface area contributed by atoms with Crippen molar-refractivity contribution in [2.75, 3.05) is 6.16 Å². The molecule has 0 saturated carbocycles. The first-order valence-electron chi connectivity index (χ1n) is 17.4. The zero-order valence-electron chi connectivity index (χ0n) is 27.9. The Labute approximate surface area is 272 Å². The van der Waals surface area contributed by atoms with Gasteiger partial charge >= 0.3 is 211 Å². The molecule has 0 fully saturated rings. The summed E-state index contributed by atoms with van der Waals surface area (Å²) in [6.45, 7) is 4.57. The predicted octanol–water partition coefficient (Wildman–Crippen LogP) is 9.82.